The van der Waals surface area contributed by atoms with Crippen LogP contribution >= 0.6 is 0 Å². The highest BCUT2D eigenvalue weighted by Crippen LogP contribution is 2.14. The van der Waals surface area contributed by atoms with Crippen LogP contribution < -0.4 is 4.72 Å². The van der Waals surface area contributed by atoms with Crippen LogP contribution in [0.1, 0.15) is 6.42 Å². The number of carbonyl (C=O) groups is 2. The molecule has 0 aliphatic heterocycles. The largest absolute Gasteiger partial charge is 0.481 e. The number of hydrogen-bond acceptors (Lipinski definition) is 4. The third-order valence-electron chi connectivity index (χ3n) is 2.18. The van der Waals surface area contributed by atoms with Gasteiger partial charge in [-0.3, -0.25) is 9.59 Å². The van der Waals surface area contributed by atoms with Crippen molar-refractivity contribution in [2.75, 3.05) is 0 Å². The molecule has 20 heavy (non-hydrogen) atoms. The van der Waals surface area contributed by atoms with Crippen LogP contribution in [0.25, 0.3) is 0 Å². The molecule has 0 aliphatic rings. The summed E-state index contributed by atoms with van der Waals surface area (Å²) >= 11 is 0. The second-order valence-corrected chi connectivity index (χ2v) is 5.40. The van der Waals surface area contributed by atoms with E-state index in [2.05, 4.69) is 0 Å². The first-order valence-electron chi connectivity index (χ1n) is 5.05. The predicted octanol–water partition coefficient (Wildman–Crippen LogP) is 0.171. The maximum absolute atomic E-state index is 12.9. The predicted molar refractivity (Wildman–Crippen MR) is 60.4 cm³/mol. The van der Waals surface area contributed by atoms with Crippen molar-refractivity contribution in [2.24, 2.45) is 0 Å². The van der Waals surface area contributed by atoms with Gasteiger partial charge in [0.05, 0.1) is 11.3 Å². The molecule has 7 nitrogen and oxygen atoms in total. The van der Waals surface area contributed by atoms with Crippen LogP contribution in [0.4, 0.5) is 8.78 Å². The molecule has 0 heterocycles. The molecule has 110 valence electrons. The average Bonchev–Trinajstić information content (AvgIpc) is 2.30. The number of benzene rings is 1. The molecule has 1 rings (SSSR count). The van der Waals surface area contributed by atoms with Gasteiger partial charge in [0.25, 0.3) is 0 Å². The van der Waals surface area contributed by atoms with Crippen LogP contribution in [0.3, 0.4) is 0 Å². The quantitative estimate of drug-likeness (QED) is 0.689. The fourth-order valence-corrected chi connectivity index (χ4v) is 2.45. The van der Waals surface area contributed by atoms with Crippen molar-refractivity contribution < 1.29 is 37.0 Å². The van der Waals surface area contributed by atoms with Gasteiger partial charge in [0, 0.05) is 0 Å². The summed E-state index contributed by atoms with van der Waals surface area (Å²) < 4.78 is 50.7. The van der Waals surface area contributed by atoms with E-state index in [0.29, 0.717) is 12.1 Å². The molecule has 0 fully saturated rings. The van der Waals surface area contributed by atoms with E-state index in [-0.39, 0.29) is 0 Å². The van der Waals surface area contributed by atoms with Gasteiger partial charge in [-0.25, -0.2) is 17.2 Å². The van der Waals surface area contributed by atoms with Gasteiger partial charge in [0.1, 0.15) is 6.04 Å². The Bertz CT molecular complexity index is 645. The Kier molecular flexibility index (Phi) is 4.73. The van der Waals surface area contributed by atoms with Crippen LogP contribution in [0.2, 0.25) is 0 Å². The molecule has 10 heteroatoms. The number of carboxylic acid groups (broad SMARTS) is 2. The number of aliphatic carboxylic acids is 2. The molecular weight excluding hydrogens is 300 g/mol. The summed E-state index contributed by atoms with van der Waals surface area (Å²) in [7, 11) is -4.49. The van der Waals surface area contributed by atoms with E-state index < -0.39 is 51.0 Å². The van der Waals surface area contributed by atoms with Crippen molar-refractivity contribution in [1.82, 2.24) is 4.72 Å². The number of rotatable bonds is 6. The van der Waals surface area contributed by atoms with Gasteiger partial charge in [0.15, 0.2) is 11.6 Å². The Hall–Kier alpha value is -2.07. The van der Waals surface area contributed by atoms with Gasteiger partial charge < -0.3 is 10.2 Å². The third-order valence-corrected chi connectivity index (χ3v) is 3.64. The summed E-state index contributed by atoms with van der Waals surface area (Å²) in [4.78, 5) is 20.5. The summed E-state index contributed by atoms with van der Waals surface area (Å²) in [5.74, 6) is -5.95. The van der Waals surface area contributed by atoms with Gasteiger partial charge in [-0.05, 0) is 18.2 Å². The van der Waals surface area contributed by atoms with Crippen LogP contribution in [-0.4, -0.2) is 36.6 Å². The zero-order valence-electron chi connectivity index (χ0n) is 9.71. The standard InChI is InChI=1S/C10H9F2NO6S/c11-6-2-1-5(3-7(6)12)20(18,19)13-8(10(16)17)4-9(14)15/h1-3,8,13H,4H2,(H,14,15)(H,16,17)/t8-/m0/s1. The highest BCUT2D eigenvalue weighted by molar-refractivity contribution is 7.89. The Morgan fingerprint density at radius 3 is 2.25 bits per heavy atom. The van der Waals surface area contributed by atoms with Crippen molar-refractivity contribution >= 4 is 22.0 Å². The molecule has 0 spiro atoms. The number of nitrogens with one attached hydrogen (secondary N) is 1. The molecule has 1 atom stereocenters. The highest BCUT2D eigenvalue weighted by Gasteiger charge is 2.28. The van der Waals surface area contributed by atoms with Gasteiger partial charge in [-0.2, -0.15) is 4.72 Å². The SMILES string of the molecule is O=C(O)C[C@H](NS(=O)(=O)c1ccc(F)c(F)c1)C(=O)O. The molecule has 0 saturated heterocycles. The van der Waals surface area contributed by atoms with Crippen molar-refractivity contribution in [1.29, 1.82) is 0 Å². The lowest BCUT2D eigenvalue weighted by molar-refractivity contribution is -0.145. The number of sulfonamides is 1. The zero-order valence-corrected chi connectivity index (χ0v) is 10.5. The van der Waals surface area contributed by atoms with E-state index in [0.717, 1.165) is 6.07 Å². The van der Waals surface area contributed by atoms with Gasteiger partial charge >= 0.3 is 11.9 Å². The lowest BCUT2D eigenvalue weighted by atomic mass is 10.2. The van der Waals surface area contributed by atoms with E-state index in [1.807, 2.05) is 0 Å². The maximum Gasteiger partial charge on any atom is 0.322 e. The topological polar surface area (TPSA) is 121 Å². The summed E-state index contributed by atoms with van der Waals surface area (Å²) in [6, 6.07) is -0.292. The maximum atomic E-state index is 12.9. The second kappa shape index (κ2) is 5.92. The minimum absolute atomic E-state index is 0.358. The summed E-state index contributed by atoms with van der Waals surface area (Å²) in [5, 5.41) is 17.2. The van der Waals surface area contributed by atoms with Crippen LogP contribution in [-0.2, 0) is 19.6 Å². The molecule has 0 saturated carbocycles. The lowest BCUT2D eigenvalue weighted by Crippen LogP contribution is -2.42. The van der Waals surface area contributed by atoms with Crippen LogP contribution in [0.5, 0.6) is 0 Å². The van der Waals surface area contributed by atoms with Gasteiger partial charge in [0.2, 0.25) is 10.0 Å². The fraction of sp³-hybridized carbons (Fsp3) is 0.200. The first-order valence-corrected chi connectivity index (χ1v) is 6.54. The molecule has 0 bridgehead atoms. The van der Waals surface area contributed by atoms with Crippen molar-refractivity contribution in [3.05, 3.63) is 29.8 Å². The van der Waals surface area contributed by atoms with E-state index in [9.17, 15) is 26.8 Å². The molecule has 1 aromatic rings. The van der Waals surface area contributed by atoms with Gasteiger partial charge in [-0.15, -0.1) is 0 Å². The van der Waals surface area contributed by atoms with E-state index in [1.54, 1.807) is 4.72 Å². The number of halogens is 2. The molecule has 0 unspecified atom stereocenters. The van der Waals surface area contributed by atoms with E-state index in [1.165, 1.54) is 0 Å². The summed E-state index contributed by atoms with van der Waals surface area (Å²) in [5.41, 5.74) is 0. The Morgan fingerprint density at radius 1 is 1.20 bits per heavy atom. The molecule has 0 amide bonds. The summed E-state index contributed by atoms with van der Waals surface area (Å²) in [6.07, 6.45) is -1.00. The van der Waals surface area contributed by atoms with Gasteiger partial charge in [-0.1, -0.05) is 0 Å². The minimum atomic E-state index is -4.49. The monoisotopic (exact) mass is 309 g/mol. The highest BCUT2D eigenvalue weighted by atomic mass is 32.2. The van der Waals surface area contributed by atoms with Crippen molar-refractivity contribution in [2.45, 2.75) is 17.4 Å². The number of carboxylic acids is 2. The molecular formula is C10H9F2NO6S. The molecule has 3 N–H and O–H groups in total. The van der Waals surface area contributed by atoms with Crippen LogP contribution in [0, 0.1) is 11.6 Å². The minimum Gasteiger partial charge on any atom is -0.481 e. The zero-order chi connectivity index (χ0) is 15.5. The Labute approximate surface area is 111 Å². The summed E-state index contributed by atoms with van der Waals surface area (Å²) in [6.45, 7) is 0. The van der Waals surface area contributed by atoms with E-state index >= 15 is 0 Å². The van der Waals surface area contributed by atoms with Crippen molar-refractivity contribution in [3.8, 4) is 0 Å². The number of hydrogen-bond donors (Lipinski definition) is 3. The van der Waals surface area contributed by atoms with Crippen molar-refractivity contribution in [3.63, 3.8) is 0 Å². The fourth-order valence-electron chi connectivity index (χ4n) is 1.25. The molecule has 0 radical (unpaired) electrons. The van der Waals surface area contributed by atoms with Crippen LogP contribution in [0.15, 0.2) is 23.1 Å². The van der Waals surface area contributed by atoms with E-state index in [4.69, 9.17) is 10.2 Å². The Morgan fingerprint density at radius 2 is 1.80 bits per heavy atom. The first kappa shape index (κ1) is 16.0. The smallest absolute Gasteiger partial charge is 0.322 e. The lowest BCUT2D eigenvalue weighted by Gasteiger charge is -2.13. The second-order valence-electron chi connectivity index (χ2n) is 3.69. The molecule has 0 aliphatic carbocycles. The third kappa shape index (κ3) is 3.96. The first-order chi connectivity index (χ1) is 9.13. The Balaban J connectivity index is 3.06. The normalized spacial score (nSPS) is 12.9. The molecule has 0 aromatic heterocycles. The average molecular weight is 309 g/mol. The molecule has 1 aromatic carbocycles.